The summed E-state index contributed by atoms with van der Waals surface area (Å²) < 4.78 is 10.7. The summed E-state index contributed by atoms with van der Waals surface area (Å²) in [5, 5.41) is 71.7. The Morgan fingerprint density at radius 3 is 2.12 bits per heavy atom. The van der Waals surface area contributed by atoms with Gasteiger partial charge in [-0.25, -0.2) is 0 Å². The van der Waals surface area contributed by atoms with E-state index in [1.807, 2.05) is 0 Å². The molecule has 3 rings (SSSR count). The molecule has 0 saturated carbocycles. The Bertz CT molecular complexity index is 501. The second kappa shape index (κ2) is 6.44. The summed E-state index contributed by atoms with van der Waals surface area (Å²) in [7, 11) is 0. The number of aliphatic hydroxyl groups is 7. The van der Waals surface area contributed by atoms with Gasteiger partial charge in [0.2, 0.25) is 0 Å². The minimum absolute atomic E-state index is 0.0943. The first kappa shape index (κ1) is 17.9. The molecule has 0 unspecified atom stereocenters. The molecule has 3 aliphatic heterocycles. The van der Waals surface area contributed by atoms with Gasteiger partial charge in [-0.1, -0.05) is 5.16 Å². The van der Waals surface area contributed by atoms with Gasteiger partial charge in [-0.05, 0) is 0 Å². The Hall–Kier alpha value is -0.890. The highest BCUT2D eigenvalue weighted by atomic mass is 16.8. The molecule has 138 valence electrons. The van der Waals surface area contributed by atoms with Crippen LogP contribution in [0.15, 0.2) is 5.16 Å². The fraction of sp³-hybridized carbons (Fsp3) is 0.923. The normalized spacial score (nSPS) is 51.7. The number of rotatable bonds is 3. The smallest absolute Gasteiger partial charge is 0.271 e. The van der Waals surface area contributed by atoms with Crippen LogP contribution in [0.5, 0.6) is 0 Å². The zero-order valence-corrected chi connectivity index (χ0v) is 12.5. The number of ether oxygens (including phenoxy) is 2. The maximum absolute atomic E-state index is 10.2. The minimum Gasteiger partial charge on any atom is -0.394 e. The summed E-state index contributed by atoms with van der Waals surface area (Å²) in [6.45, 7) is -1.14. The van der Waals surface area contributed by atoms with Crippen LogP contribution in [0, 0.1) is 0 Å². The van der Waals surface area contributed by atoms with Crippen molar-refractivity contribution in [2.75, 3.05) is 13.2 Å². The highest BCUT2D eigenvalue weighted by molar-refractivity contribution is 5.91. The molecule has 11 nitrogen and oxygen atoms in total. The quantitative estimate of drug-likeness (QED) is 0.261. The van der Waals surface area contributed by atoms with E-state index in [2.05, 4.69) is 5.16 Å². The van der Waals surface area contributed by atoms with Gasteiger partial charge < -0.3 is 50.1 Å². The van der Waals surface area contributed by atoms with Crippen LogP contribution in [-0.4, -0.2) is 109 Å². The van der Waals surface area contributed by atoms with Crippen LogP contribution in [-0.2, 0) is 14.3 Å². The third kappa shape index (κ3) is 2.62. The summed E-state index contributed by atoms with van der Waals surface area (Å²) in [5.41, 5.74) is 0.0943. The molecule has 0 aromatic rings. The molecule has 0 aromatic carbocycles. The molecule has 9 atom stereocenters. The first-order chi connectivity index (χ1) is 11.3. The van der Waals surface area contributed by atoms with E-state index in [9.17, 15) is 30.6 Å². The molecule has 0 radical (unpaired) electrons. The van der Waals surface area contributed by atoms with Crippen molar-refractivity contribution in [1.29, 1.82) is 0 Å². The molecule has 2 fully saturated rings. The summed E-state index contributed by atoms with van der Waals surface area (Å²) in [5.74, 6) is -1.85. The first-order valence-electron chi connectivity index (χ1n) is 7.55. The molecule has 2 saturated heterocycles. The van der Waals surface area contributed by atoms with Gasteiger partial charge in [-0.15, -0.1) is 0 Å². The lowest BCUT2D eigenvalue weighted by Crippen LogP contribution is -2.65. The van der Waals surface area contributed by atoms with Gasteiger partial charge in [-0.2, -0.15) is 0 Å². The van der Waals surface area contributed by atoms with Gasteiger partial charge in [0.15, 0.2) is 6.10 Å². The van der Waals surface area contributed by atoms with Crippen molar-refractivity contribution in [3.63, 3.8) is 0 Å². The standard InChI is InChI=1S/C13H21NO10/c15-2-5-7(17)9(19)11(22-5)4-1-13(24-14-4)12(21)10(20)8(18)6(3-16)23-13/h5-12,15-21H,1-3H2/t5-,6+,7+,8+,9+,10-,11-,12+,13-/m0/s1. The highest BCUT2D eigenvalue weighted by Gasteiger charge is 2.60. The van der Waals surface area contributed by atoms with Gasteiger partial charge in [-0.3, -0.25) is 0 Å². The second-order valence-corrected chi connectivity index (χ2v) is 6.19. The SMILES string of the molecule is OC[C@@H]1O[C@@H](C2=NO[C@]3(C2)O[C@H](CO)[C@@H](O)[C@H](O)[C@H]3O)[C@H](O)[C@@H]1O. The molecule has 0 aliphatic carbocycles. The lowest BCUT2D eigenvalue weighted by atomic mass is 9.88. The van der Waals surface area contributed by atoms with Crippen LogP contribution >= 0.6 is 0 Å². The molecular formula is C13H21NO10. The Balaban J connectivity index is 1.76. The monoisotopic (exact) mass is 351 g/mol. The van der Waals surface area contributed by atoms with Gasteiger partial charge in [0.25, 0.3) is 5.79 Å². The lowest BCUT2D eigenvalue weighted by Gasteiger charge is -2.44. The molecule has 11 heteroatoms. The van der Waals surface area contributed by atoms with E-state index < -0.39 is 67.8 Å². The number of hydrogen-bond acceptors (Lipinski definition) is 11. The van der Waals surface area contributed by atoms with E-state index in [0.29, 0.717) is 0 Å². The topological polar surface area (TPSA) is 182 Å². The molecule has 1 spiro atoms. The molecular weight excluding hydrogens is 330 g/mol. The molecule has 0 amide bonds. The van der Waals surface area contributed by atoms with Gasteiger partial charge in [0.05, 0.1) is 25.3 Å². The van der Waals surface area contributed by atoms with Crippen LogP contribution in [0.3, 0.4) is 0 Å². The third-order valence-corrected chi connectivity index (χ3v) is 4.65. The van der Waals surface area contributed by atoms with E-state index in [4.69, 9.17) is 19.4 Å². The van der Waals surface area contributed by atoms with E-state index >= 15 is 0 Å². The van der Waals surface area contributed by atoms with Crippen molar-refractivity contribution in [2.24, 2.45) is 5.16 Å². The van der Waals surface area contributed by atoms with E-state index in [-0.39, 0.29) is 12.1 Å². The lowest BCUT2D eigenvalue weighted by molar-refractivity contribution is -0.355. The maximum Gasteiger partial charge on any atom is 0.271 e. The van der Waals surface area contributed by atoms with E-state index in [0.717, 1.165) is 0 Å². The van der Waals surface area contributed by atoms with E-state index in [1.165, 1.54) is 0 Å². The Kier molecular flexibility index (Phi) is 4.81. The predicted molar refractivity (Wildman–Crippen MR) is 73.6 cm³/mol. The van der Waals surface area contributed by atoms with Crippen molar-refractivity contribution in [1.82, 2.24) is 0 Å². The Morgan fingerprint density at radius 2 is 1.54 bits per heavy atom. The zero-order valence-electron chi connectivity index (χ0n) is 12.5. The summed E-state index contributed by atoms with van der Waals surface area (Å²) in [6.07, 6.45) is -11.1. The highest BCUT2D eigenvalue weighted by Crippen LogP contribution is 2.39. The average Bonchev–Trinajstić information content (AvgIpc) is 3.12. The maximum atomic E-state index is 10.2. The molecule has 0 bridgehead atoms. The number of oxime groups is 1. The van der Waals surface area contributed by atoms with Crippen LogP contribution < -0.4 is 0 Å². The average molecular weight is 351 g/mol. The predicted octanol–water partition coefficient (Wildman–Crippen LogP) is -4.59. The van der Waals surface area contributed by atoms with E-state index in [1.54, 1.807) is 0 Å². The fourth-order valence-electron chi connectivity index (χ4n) is 3.21. The summed E-state index contributed by atoms with van der Waals surface area (Å²) in [4.78, 5) is 5.12. The van der Waals surface area contributed by atoms with Crippen molar-refractivity contribution in [3.05, 3.63) is 0 Å². The third-order valence-electron chi connectivity index (χ3n) is 4.65. The molecule has 0 aromatic heterocycles. The van der Waals surface area contributed by atoms with Crippen molar-refractivity contribution < 1.29 is 50.1 Å². The van der Waals surface area contributed by atoms with Crippen molar-refractivity contribution in [3.8, 4) is 0 Å². The van der Waals surface area contributed by atoms with Crippen molar-refractivity contribution >= 4 is 5.71 Å². The molecule has 3 heterocycles. The summed E-state index contributed by atoms with van der Waals surface area (Å²) >= 11 is 0. The zero-order chi connectivity index (χ0) is 17.6. The Labute approximate surface area is 136 Å². The van der Waals surface area contributed by atoms with Crippen molar-refractivity contribution in [2.45, 2.75) is 61.0 Å². The van der Waals surface area contributed by atoms with Crippen LogP contribution in [0.25, 0.3) is 0 Å². The summed E-state index contributed by atoms with van der Waals surface area (Å²) in [6, 6.07) is 0. The largest absolute Gasteiger partial charge is 0.394 e. The fourth-order valence-corrected chi connectivity index (χ4v) is 3.21. The second-order valence-electron chi connectivity index (χ2n) is 6.19. The van der Waals surface area contributed by atoms with Gasteiger partial charge in [0.1, 0.15) is 42.7 Å². The first-order valence-corrected chi connectivity index (χ1v) is 7.55. The molecule has 3 aliphatic rings. The van der Waals surface area contributed by atoms with Gasteiger partial charge >= 0.3 is 0 Å². The van der Waals surface area contributed by atoms with Crippen LogP contribution in [0.1, 0.15) is 6.42 Å². The van der Waals surface area contributed by atoms with Crippen LogP contribution in [0.4, 0.5) is 0 Å². The number of hydrogen-bond donors (Lipinski definition) is 7. The van der Waals surface area contributed by atoms with Gasteiger partial charge in [0, 0.05) is 0 Å². The number of aliphatic hydroxyl groups excluding tert-OH is 7. The molecule has 7 N–H and O–H groups in total. The minimum atomic E-state index is -1.85. The Morgan fingerprint density at radius 1 is 0.917 bits per heavy atom. The number of nitrogens with zero attached hydrogens (tertiary/aromatic N) is 1. The molecule has 24 heavy (non-hydrogen) atoms. The van der Waals surface area contributed by atoms with Crippen LogP contribution in [0.2, 0.25) is 0 Å².